The van der Waals surface area contributed by atoms with Gasteiger partial charge >= 0.3 is 0 Å². The highest BCUT2D eigenvalue weighted by molar-refractivity contribution is 6.30. The number of hydrogen-bond donors (Lipinski definition) is 1. The number of nitrogens with one attached hydrogen (secondary N) is 1. The van der Waals surface area contributed by atoms with Gasteiger partial charge in [-0.1, -0.05) is 23.7 Å². The highest BCUT2D eigenvalue weighted by atomic mass is 35.5. The molecule has 0 saturated carbocycles. The van der Waals surface area contributed by atoms with Crippen molar-refractivity contribution in [1.82, 2.24) is 10.2 Å². The maximum absolute atomic E-state index is 5.88. The van der Waals surface area contributed by atoms with Crippen molar-refractivity contribution >= 4 is 11.6 Å². The SMILES string of the molecule is C[C@H](NC1CCN(C)C1)c1ccc(Cl)cc1. The van der Waals surface area contributed by atoms with Crippen LogP contribution in [0.25, 0.3) is 0 Å². The van der Waals surface area contributed by atoms with Crippen molar-refractivity contribution in [1.29, 1.82) is 0 Å². The maximum Gasteiger partial charge on any atom is 0.0406 e. The first-order chi connectivity index (χ1) is 7.65. The molecule has 1 aliphatic rings. The molecular formula is C13H19ClN2. The molecule has 1 unspecified atom stereocenters. The van der Waals surface area contributed by atoms with Gasteiger partial charge in [0.15, 0.2) is 0 Å². The normalized spacial score (nSPS) is 23.6. The lowest BCUT2D eigenvalue weighted by atomic mass is 10.1. The van der Waals surface area contributed by atoms with Crippen molar-refractivity contribution in [2.75, 3.05) is 20.1 Å². The van der Waals surface area contributed by atoms with E-state index in [-0.39, 0.29) is 0 Å². The van der Waals surface area contributed by atoms with Crippen molar-refractivity contribution in [2.45, 2.75) is 25.4 Å². The first kappa shape index (κ1) is 11.9. The number of halogens is 1. The summed E-state index contributed by atoms with van der Waals surface area (Å²) in [5.74, 6) is 0. The molecule has 1 aliphatic heterocycles. The third kappa shape index (κ3) is 2.97. The first-order valence-electron chi connectivity index (χ1n) is 5.85. The van der Waals surface area contributed by atoms with Crippen molar-refractivity contribution < 1.29 is 0 Å². The first-order valence-corrected chi connectivity index (χ1v) is 6.23. The number of likely N-dealkylation sites (tertiary alicyclic amines) is 1. The second-order valence-corrected chi connectivity index (χ2v) is 5.12. The predicted octanol–water partition coefficient (Wildman–Crippen LogP) is 2.69. The molecule has 2 rings (SSSR count). The van der Waals surface area contributed by atoms with Gasteiger partial charge in [-0.2, -0.15) is 0 Å². The van der Waals surface area contributed by atoms with Gasteiger partial charge < -0.3 is 10.2 Å². The largest absolute Gasteiger partial charge is 0.306 e. The van der Waals surface area contributed by atoms with E-state index in [1.54, 1.807) is 0 Å². The molecule has 2 nitrogen and oxygen atoms in total. The Labute approximate surface area is 103 Å². The minimum Gasteiger partial charge on any atom is -0.306 e. The summed E-state index contributed by atoms with van der Waals surface area (Å²) in [4.78, 5) is 2.37. The molecule has 0 aliphatic carbocycles. The second kappa shape index (κ2) is 5.17. The molecular weight excluding hydrogens is 220 g/mol. The monoisotopic (exact) mass is 238 g/mol. The summed E-state index contributed by atoms with van der Waals surface area (Å²) < 4.78 is 0. The van der Waals surface area contributed by atoms with Crippen molar-refractivity contribution in [2.24, 2.45) is 0 Å². The van der Waals surface area contributed by atoms with E-state index in [1.807, 2.05) is 12.1 Å². The van der Waals surface area contributed by atoms with Gasteiger partial charge in [-0.05, 0) is 44.6 Å². The zero-order valence-electron chi connectivity index (χ0n) is 9.91. The zero-order chi connectivity index (χ0) is 11.5. The van der Waals surface area contributed by atoms with E-state index in [2.05, 4.69) is 36.3 Å². The third-order valence-corrected chi connectivity index (χ3v) is 3.50. The summed E-state index contributed by atoms with van der Waals surface area (Å²) in [6, 6.07) is 9.12. The minimum atomic E-state index is 0.397. The van der Waals surface area contributed by atoms with E-state index in [9.17, 15) is 0 Å². The number of likely N-dealkylation sites (N-methyl/N-ethyl adjacent to an activating group) is 1. The van der Waals surface area contributed by atoms with Crippen LogP contribution in [0.3, 0.4) is 0 Å². The summed E-state index contributed by atoms with van der Waals surface area (Å²) in [7, 11) is 2.18. The van der Waals surface area contributed by atoms with Crippen LogP contribution >= 0.6 is 11.6 Å². The number of benzene rings is 1. The Balaban J connectivity index is 1.92. The number of rotatable bonds is 3. The van der Waals surface area contributed by atoms with Crippen LogP contribution in [0.5, 0.6) is 0 Å². The van der Waals surface area contributed by atoms with Crippen LogP contribution in [0.1, 0.15) is 24.9 Å². The van der Waals surface area contributed by atoms with E-state index >= 15 is 0 Å². The fourth-order valence-corrected chi connectivity index (χ4v) is 2.40. The highest BCUT2D eigenvalue weighted by Gasteiger charge is 2.20. The predicted molar refractivity (Wildman–Crippen MR) is 68.9 cm³/mol. The molecule has 1 saturated heterocycles. The van der Waals surface area contributed by atoms with E-state index in [1.165, 1.54) is 18.5 Å². The minimum absolute atomic E-state index is 0.397. The molecule has 0 radical (unpaired) electrons. The van der Waals surface area contributed by atoms with Gasteiger partial charge in [0, 0.05) is 23.7 Å². The topological polar surface area (TPSA) is 15.3 Å². The van der Waals surface area contributed by atoms with Crippen LogP contribution in [-0.4, -0.2) is 31.1 Å². The summed E-state index contributed by atoms with van der Waals surface area (Å²) in [6.07, 6.45) is 1.24. The Morgan fingerprint density at radius 2 is 2.06 bits per heavy atom. The Hall–Kier alpha value is -0.570. The van der Waals surface area contributed by atoms with Crippen LogP contribution in [0.15, 0.2) is 24.3 Å². The summed E-state index contributed by atoms with van der Waals surface area (Å²) in [5.41, 5.74) is 1.30. The molecule has 1 N–H and O–H groups in total. The molecule has 0 bridgehead atoms. The van der Waals surface area contributed by atoms with Gasteiger partial charge in [0.1, 0.15) is 0 Å². The standard InChI is InChI=1S/C13H19ClN2/c1-10(11-3-5-12(14)6-4-11)15-13-7-8-16(2)9-13/h3-6,10,13,15H,7-9H2,1-2H3/t10-,13?/m0/s1. The van der Waals surface area contributed by atoms with Gasteiger partial charge in [0.25, 0.3) is 0 Å². The maximum atomic E-state index is 5.88. The summed E-state index contributed by atoms with van der Waals surface area (Å²) in [6.45, 7) is 4.56. The van der Waals surface area contributed by atoms with Crippen LogP contribution in [0.4, 0.5) is 0 Å². The molecule has 1 aromatic carbocycles. The van der Waals surface area contributed by atoms with Crippen molar-refractivity contribution in [3.63, 3.8) is 0 Å². The van der Waals surface area contributed by atoms with Crippen LogP contribution in [0, 0.1) is 0 Å². The molecule has 0 aromatic heterocycles. The lowest BCUT2D eigenvalue weighted by molar-refractivity contribution is 0.387. The molecule has 16 heavy (non-hydrogen) atoms. The fourth-order valence-electron chi connectivity index (χ4n) is 2.27. The van der Waals surface area contributed by atoms with Gasteiger partial charge in [-0.25, -0.2) is 0 Å². The van der Waals surface area contributed by atoms with Crippen LogP contribution in [-0.2, 0) is 0 Å². The Morgan fingerprint density at radius 1 is 1.38 bits per heavy atom. The third-order valence-electron chi connectivity index (χ3n) is 3.25. The highest BCUT2D eigenvalue weighted by Crippen LogP contribution is 2.18. The van der Waals surface area contributed by atoms with E-state index in [0.717, 1.165) is 11.6 Å². The summed E-state index contributed by atoms with van der Waals surface area (Å²) in [5, 5.41) is 4.46. The van der Waals surface area contributed by atoms with E-state index in [4.69, 9.17) is 11.6 Å². The van der Waals surface area contributed by atoms with Gasteiger partial charge in [0.05, 0.1) is 0 Å². The smallest absolute Gasteiger partial charge is 0.0406 e. The number of nitrogens with zero attached hydrogens (tertiary/aromatic N) is 1. The van der Waals surface area contributed by atoms with Gasteiger partial charge in [-0.15, -0.1) is 0 Å². The molecule has 1 aromatic rings. The van der Waals surface area contributed by atoms with Crippen molar-refractivity contribution in [3.05, 3.63) is 34.9 Å². The summed E-state index contributed by atoms with van der Waals surface area (Å²) >= 11 is 5.88. The molecule has 1 heterocycles. The van der Waals surface area contributed by atoms with Crippen molar-refractivity contribution in [3.8, 4) is 0 Å². The Morgan fingerprint density at radius 3 is 2.62 bits per heavy atom. The lowest BCUT2D eigenvalue weighted by Crippen LogP contribution is -2.33. The van der Waals surface area contributed by atoms with E-state index in [0.29, 0.717) is 12.1 Å². The lowest BCUT2D eigenvalue weighted by Gasteiger charge is -2.19. The Bertz CT molecular complexity index is 336. The van der Waals surface area contributed by atoms with Gasteiger partial charge in [-0.3, -0.25) is 0 Å². The quantitative estimate of drug-likeness (QED) is 0.871. The molecule has 2 atom stereocenters. The second-order valence-electron chi connectivity index (χ2n) is 4.69. The molecule has 0 amide bonds. The zero-order valence-corrected chi connectivity index (χ0v) is 10.7. The van der Waals surface area contributed by atoms with E-state index < -0.39 is 0 Å². The van der Waals surface area contributed by atoms with Gasteiger partial charge in [0.2, 0.25) is 0 Å². The molecule has 3 heteroatoms. The average Bonchev–Trinajstić information content (AvgIpc) is 2.65. The Kier molecular flexibility index (Phi) is 3.85. The number of hydrogen-bond acceptors (Lipinski definition) is 2. The fraction of sp³-hybridized carbons (Fsp3) is 0.538. The molecule has 88 valence electrons. The molecule has 1 fully saturated rings. The van der Waals surface area contributed by atoms with Crippen LogP contribution in [0.2, 0.25) is 5.02 Å². The average molecular weight is 239 g/mol. The molecule has 0 spiro atoms. The van der Waals surface area contributed by atoms with Crippen LogP contribution < -0.4 is 5.32 Å².